The van der Waals surface area contributed by atoms with Crippen LogP contribution in [0.3, 0.4) is 0 Å². The Kier molecular flexibility index (Phi) is 57.1. The number of aliphatic hydroxyl groups is 2. The van der Waals surface area contributed by atoms with E-state index in [0.717, 1.165) is 14.2 Å². The van der Waals surface area contributed by atoms with Gasteiger partial charge in [-0.3, -0.25) is 0 Å². The van der Waals surface area contributed by atoms with Gasteiger partial charge in [0.1, 0.15) is 0 Å². The predicted molar refractivity (Wildman–Crippen MR) is 44.7 cm³/mol. The molecule has 0 fully saturated rings. The molecule has 12 heavy (non-hydrogen) atoms. The molecule has 4 heteroatoms. The topological polar surface area (TPSA) is 70.5 Å². The third-order valence-electron chi connectivity index (χ3n) is 0.667. The third-order valence-corrected chi connectivity index (χ3v) is 0.667. The van der Waals surface area contributed by atoms with Crippen molar-refractivity contribution in [2.24, 2.45) is 0 Å². The molecule has 1 aromatic carbocycles. The molecule has 0 aliphatic carbocycles. The first-order valence-corrected chi connectivity index (χ1v) is 2.89. The van der Waals surface area contributed by atoms with Crippen molar-refractivity contribution in [3.8, 4) is 0 Å². The summed E-state index contributed by atoms with van der Waals surface area (Å²) in [6.07, 6.45) is 0. The molecule has 0 aromatic heterocycles. The molecular weight excluding hydrogens is 183 g/mol. The molecule has 0 saturated carbocycles. The van der Waals surface area contributed by atoms with E-state index in [1.54, 1.807) is 0 Å². The van der Waals surface area contributed by atoms with E-state index in [-0.39, 0.29) is 56.9 Å². The number of benzene rings is 1. The number of rotatable bonds is 0. The number of aliphatic hydroxyl groups excluding tert-OH is 2. The van der Waals surface area contributed by atoms with Gasteiger partial charge in [-0.15, -0.1) is 0 Å². The first-order valence-electron chi connectivity index (χ1n) is 2.89. The molecule has 0 radical (unpaired) electrons. The Morgan fingerprint density at radius 3 is 0.750 bits per heavy atom. The SMILES string of the molecule is CO.CO.[K+].[OH-].c1ccccc1. The monoisotopic (exact) mass is 198 g/mol. The Morgan fingerprint density at radius 2 is 0.667 bits per heavy atom. The zero-order valence-electron chi connectivity index (χ0n) is 7.81. The van der Waals surface area contributed by atoms with E-state index in [4.69, 9.17) is 10.2 Å². The van der Waals surface area contributed by atoms with E-state index in [1.807, 2.05) is 36.4 Å². The van der Waals surface area contributed by atoms with Crippen LogP contribution in [0.5, 0.6) is 0 Å². The zero-order chi connectivity index (χ0) is 8.24. The van der Waals surface area contributed by atoms with E-state index in [1.165, 1.54) is 0 Å². The van der Waals surface area contributed by atoms with Gasteiger partial charge in [0.05, 0.1) is 0 Å². The maximum absolute atomic E-state index is 7.00. The first-order chi connectivity index (χ1) is 5.00. The van der Waals surface area contributed by atoms with Crippen LogP contribution in [0.4, 0.5) is 0 Å². The molecule has 0 saturated heterocycles. The van der Waals surface area contributed by atoms with Crippen LogP contribution in [0.25, 0.3) is 0 Å². The predicted octanol–water partition coefficient (Wildman–Crippen LogP) is -2.27. The van der Waals surface area contributed by atoms with Gasteiger partial charge in [-0.1, -0.05) is 36.4 Å². The number of hydrogen-bond donors (Lipinski definition) is 2. The molecule has 0 amide bonds. The van der Waals surface area contributed by atoms with Crippen LogP contribution in [0.1, 0.15) is 0 Å². The second-order valence-corrected chi connectivity index (χ2v) is 1.15. The Bertz CT molecular complexity index is 86.2. The quantitative estimate of drug-likeness (QED) is 0.462. The summed E-state index contributed by atoms with van der Waals surface area (Å²) in [5.74, 6) is 0. The number of hydrogen-bond acceptors (Lipinski definition) is 3. The van der Waals surface area contributed by atoms with Gasteiger partial charge >= 0.3 is 51.4 Å². The summed E-state index contributed by atoms with van der Waals surface area (Å²) in [6, 6.07) is 12.0. The van der Waals surface area contributed by atoms with Gasteiger partial charge in [-0.2, -0.15) is 0 Å². The molecule has 0 heterocycles. The molecule has 1 aromatic rings. The van der Waals surface area contributed by atoms with Crippen LogP contribution in [0, 0.1) is 0 Å². The van der Waals surface area contributed by atoms with Gasteiger partial charge in [-0.25, -0.2) is 0 Å². The van der Waals surface area contributed by atoms with E-state index < -0.39 is 0 Å². The first kappa shape index (κ1) is 23.0. The van der Waals surface area contributed by atoms with Crippen molar-refractivity contribution in [2.75, 3.05) is 14.2 Å². The van der Waals surface area contributed by atoms with Crippen molar-refractivity contribution in [1.29, 1.82) is 0 Å². The van der Waals surface area contributed by atoms with Gasteiger partial charge in [0.25, 0.3) is 0 Å². The van der Waals surface area contributed by atoms with E-state index in [9.17, 15) is 0 Å². The van der Waals surface area contributed by atoms with Crippen LogP contribution in [0.2, 0.25) is 0 Å². The summed E-state index contributed by atoms with van der Waals surface area (Å²) in [4.78, 5) is 0. The van der Waals surface area contributed by atoms with Gasteiger partial charge in [0.2, 0.25) is 0 Å². The maximum Gasteiger partial charge on any atom is 1.00 e. The molecule has 0 aliphatic heterocycles. The van der Waals surface area contributed by atoms with Crippen molar-refractivity contribution in [3.63, 3.8) is 0 Å². The van der Waals surface area contributed by atoms with Crippen LogP contribution in [0.15, 0.2) is 36.4 Å². The van der Waals surface area contributed by atoms with Crippen LogP contribution in [-0.2, 0) is 0 Å². The normalized spacial score (nSPS) is 5.00. The Labute approximate surface area is 116 Å². The van der Waals surface area contributed by atoms with Crippen LogP contribution >= 0.6 is 0 Å². The fourth-order valence-electron chi connectivity index (χ4n) is 0.385. The Hall–Kier alpha value is 0.736. The average Bonchev–Trinajstić information content (AvgIpc) is 2.14. The van der Waals surface area contributed by atoms with Crippen molar-refractivity contribution in [2.45, 2.75) is 0 Å². The van der Waals surface area contributed by atoms with Crippen molar-refractivity contribution in [3.05, 3.63) is 36.4 Å². The molecule has 66 valence electrons. The fraction of sp³-hybridized carbons (Fsp3) is 0.250. The minimum atomic E-state index is 0. The summed E-state index contributed by atoms with van der Waals surface area (Å²) in [7, 11) is 2.00. The van der Waals surface area contributed by atoms with E-state index in [0.29, 0.717) is 0 Å². The van der Waals surface area contributed by atoms with Gasteiger partial charge in [0, 0.05) is 14.2 Å². The molecule has 1 rings (SSSR count). The summed E-state index contributed by atoms with van der Waals surface area (Å²) in [5.41, 5.74) is 0. The average molecular weight is 198 g/mol. The Balaban J connectivity index is -0.0000000480. The fourth-order valence-corrected chi connectivity index (χ4v) is 0.385. The minimum absolute atomic E-state index is 0. The molecule has 0 spiro atoms. The smallest absolute Gasteiger partial charge is 0.870 e. The van der Waals surface area contributed by atoms with Crippen molar-refractivity contribution in [1.82, 2.24) is 0 Å². The second kappa shape index (κ2) is 29.8. The van der Waals surface area contributed by atoms with Crippen molar-refractivity contribution < 1.29 is 67.1 Å². The molecular formula is C8H15KO3. The largest absolute Gasteiger partial charge is 1.00 e. The molecule has 0 bridgehead atoms. The molecule has 3 nitrogen and oxygen atoms in total. The second-order valence-electron chi connectivity index (χ2n) is 1.15. The summed E-state index contributed by atoms with van der Waals surface area (Å²) < 4.78 is 0. The summed E-state index contributed by atoms with van der Waals surface area (Å²) >= 11 is 0. The summed E-state index contributed by atoms with van der Waals surface area (Å²) in [5, 5.41) is 14.0. The maximum atomic E-state index is 7.00. The Morgan fingerprint density at radius 1 is 0.583 bits per heavy atom. The summed E-state index contributed by atoms with van der Waals surface area (Å²) in [6.45, 7) is 0. The molecule has 0 aliphatic rings. The molecule has 0 unspecified atom stereocenters. The molecule has 3 N–H and O–H groups in total. The van der Waals surface area contributed by atoms with Gasteiger partial charge in [-0.05, 0) is 0 Å². The van der Waals surface area contributed by atoms with Gasteiger partial charge in [0.15, 0.2) is 0 Å². The van der Waals surface area contributed by atoms with E-state index in [2.05, 4.69) is 0 Å². The van der Waals surface area contributed by atoms with E-state index >= 15 is 0 Å². The van der Waals surface area contributed by atoms with Crippen LogP contribution < -0.4 is 51.4 Å². The third kappa shape index (κ3) is 22.4. The van der Waals surface area contributed by atoms with Gasteiger partial charge < -0.3 is 15.7 Å². The standard InChI is InChI=1S/C6H6.2CH4O.K.H2O/c1-2-4-6-5-3-1;2*1-2;;/h1-6H;2*2H,1H3;;1H2/q;;;+1;/p-1. The van der Waals surface area contributed by atoms with Crippen molar-refractivity contribution >= 4 is 0 Å². The molecule has 0 atom stereocenters. The van der Waals surface area contributed by atoms with Crippen LogP contribution in [-0.4, -0.2) is 29.9 Å². The zero-order valence-corrected chi connectivity index (χ0v) is 10.9. The minimum Gasteiger partial charge on any atom is -0.870 e.